The summed E-state index contributed by atoms with van der Waals surface area (Å²) in [5.74, 6) is -2.71. The van der Waals surface area contributed by atoms with Crippen molar-refractivity contribution in [1.29, 1.82) is 0 Å². The maximum atomic E-state index is 13.5. The fourth-order valence-electron chi connectivity index (χ4n) is 3.88. The van der Waals surface area contributed by atoms with E-state index in [1.54, 1.807) is 19.1 Å². The van der Waals surface area contributed by atoms with E-state index < -0.39 is 24.5 Å². The summed E-state index contributed by atoms with van der Waals surface area (Å²) in [5.41, 5.74) is 3.42. The minimum atomic E-state index is -4.51. The van der Waals surface area contributed by atoms with Gasteiger partial charge in [-0.3, -0.25) is 4.79 Å². The molecule has 1 unspecified atom stereocenters. The first kappa shape index (κ1) is 22.3. The molecule has 5 heteroatoms. The summed E-state index contributed by atoms with van der Waals surface area (Å²) >= 11 is 0. The van der Waals surface area contributed by atoms with E-state index in [-0.39, 0.29) is 17.6 Å². The fraction of sp³-hybridized carbons (Fsp3) is 0.522. The lowest BCUT2D eigenvalue weighted by molar-refractivity contribution is -0.166. The van der Waals surface area contributed by atoms with Crippen LogP contribution in [0.4, 0.5) is 13.2 Å². The fourth-order valence-corrected chi connectivity index (χ4v) is 3.88. The Kier molecular flexibility index (Phi) is 7.13. The summed E-state index contributed by atoms with van der Waals surface area (Å²) in [7, 11) is 0. The van der Waals surface area contributed by atoms with Crippen LogP contribution in [0.15, 0.2) is 41.5 Å². The Morgan fingerprint density at radius 1 is 1.29 bits per heavy atom. The van der Waals surface area contributed by atoms with Crippen molar-refractivity contribution in [1.82, 2.24) is 0 Å². The molecular weight excluding hydrogens is 365 g/mol. The van der Waals surface area contributed by atoms with Crippen molar-refractivity contribution in [3.63, 3.8) is 0 Å². The average molecular weight is 394 g/mol. The molecule has 0 fully saturated rings. The van der Waals surface area contributed by atoms with Crippen LogP contribution in [-0.4, -0.2) is 18.8 Å². The molecule has 1 atom stereocenters. The third-order valence-electron chi connectivity index (χ3n) is 5.37. The van der Waals surface area contributed by atoms with Crippen molar-refractivity contribution < 1.29 is 22.7 Å². The minimum Gasteiger partial charge on any atom is -0.466 e. The van der Waals surface area contributed by atoms with Gasteiger partial charge in [0.05, 0.1) is 18.9 Å². The number of rotatable bonds is 6. The van der Waals surface area contributed by atoms with E-state index in [9.17, 15) is 18.0 Å². The molecule has 0 bridgehead atoms. The number of alkyl halides is 3. The zero-order valence-corrected chi connectivity index (χ0v) is 17.0. The van der Waals surface area contributed by atoms with Crippen LogP contribution in [0.1, 0.15) is 70.4 Å². The molecule has 154 valence electrons. The Bertz CT molecular complexity index is 757. The van der Waals surface area contributed by atoms with Gasteiger partial charge in [-0.05, 0) is 55.2 Å². The Morgan fingerprint density at radius 2 is 2.00 bits per heavy atom. The first-order valence-corrected chi connectivity index (χ1v) is 9.75. The predicted octanol–water partition coefficient (Wildman–Crippen LogP) is 6.83. The highest BCUT2D eigenvalue weighted by molar-refractivity contribution is 5.71. The van der Waals surface area contributed by atoms with Gasteiger partial charge in [-0.1, -0.05) is 55.8 Å². The number of carbonyl (C=O) groups excluding carboxylic acids is 1. The number of benzene rings is 1. The topological polar surface area (TPSA) is 26.3 Å². The Morgan fingerprint density at radius 3 is 2.61 bits per heavy atom. The molecule has 0 aromatic heterocycles. The summed E-state index contributed by atoms with van der Waals surface area (Å²) in [6, 6.07) is 6.32. The number of hydrogen-bond acceptors (Lipinski definition) is 2. The zero-order valence-electron chi connectivity index (χ0n) is 17.0. The lowest BCUT2D eigenvalue weighted by Crippen LogP contribution is -2.24. The first-order chi connectivity index (χ1) is 13.0. The quantitative estimate of drug-likeness (QED) is 0.495. The highest BCUT2D eigenvalue weighted by atomic mass is 19.4. The normalized spacial score (nSPS) is 18.4. The summed E-state index contributed by atoms with van der Waals surface area (Å²) in [4.78, 5) is 11.7. The van der Waals surface area contributed by atoms with Crippen LogP contribution in [-0.2, 0) is 9.53 Å². The van der Waals surface area contributed by atoms with Crippen LogP contribution in [0, 0.1) is 5.41 Å². The second kappa shape index (κ2) is 8.97. The molecule has 1 aliphatic carbocycles. The van der Waals surface area contributed by atoms with Crippen LogP contribution in [0.5, 0.6) is 0 Å². The number of ether oxygens (including phenoxy) is 1. The number of esters is 1. The van der Waals surface area contributed by atoms with Gasteiger partial charge >= 0.3 is 12.1 Å². The van der Waals surface area contributed by atoms with Crippen LogP contribution < -0.4 is 0 Å². The number of carbonyl (C=O) groups is 1. The first-order valence-electron chi connectivity index (χ1n) is 9.75. The van der Waals surface area contributed by atoms with E-state index in [0.29, 0.717) is 5.56 Å². The smallest absolute Gasteiger partial charge is 0.396 e. The van der Waals surface area contributed by atoms with Crippen LogP contribution in [0.2, 0.25) is 0 Å². The van der Waals surface area contributed by atoms with Gasteiger partial charge in [0.25, 0.3) is 0 Å². The molecule has 0 heterocycles. The Balaban J connectivity index is 2.30. The van der Waals surface area contributed by atoms with E-state index in [2.05, 4.69) is 20.8 Å². The average Bonchev–Trinajstić information content (AvgIpc) is 2.58. The Labute approximate surface area is 165 Å². The number of halogens is 3. The second-order valence-electron chi connectivity index (χ2n) is 8.04. The number of hydrogen-bond donors (Lipinski definition) is 0. The van der Waals surface area contributed by atoms with Crippen molar-refractivity contribution in [2.24, 2.45) is 5.41 Å². The largest absolute Gasteiger partial charge is 0.466 e. The van der Waals surface area contributed by atoms with Crippen molar-refractivity contribution in [3.8, 4) is 0 Å². The van der Waals surface area contributed by atoms with Gasteiger partial charge in [0.2, 0.25) is 0 Å². The highest BCUT2D eigenvalue weighted by Crippen LogP contribution is 2.41. The predicted molar refractivity (Wildman–Crippen MR) is 106 cm³/mol. The molecule has 2 rings (SSSR count). The van der Waals surface area contributed by atoms with Gasteiger partial charge in [-0.25, -0.2) is 0 Å². The standard InChI is InChI=1S/C23H29F3O2/c1-5-28-21(27)15-20(23(24,25)26)18-10-6-9-17(14-18)11-12-19-16(2)8-7-13-22(19,3)4/h6,9-12,14,20H,5,7-8,13,15H2,1-4H3/b12-11+. The maximum Gasteiger partial charge on any atom is 0.396 e. The Hall–Kier alpha value is -2.04. The molecule has 0 saturated carbocycles. The molecule has 0 radical (unpaired) electrons. The van der Waals surface area contributed by atoms with Gasteiger partial charge < -0.3 is 4.74 Å². The van der Waals surface area contributed by atoms with Gasteiger partial charge in [0.1, 0.15) is 0 Å². The van der Waals surface area contributed by atoms with Crippen molar-refractivity contribution >= 4 is 12.0 Å². The van der Waals surface area contributed by atoms with E-state index in [1.807, 2.05) is 12.2 Å². The molecule has 2 nitrogen and oxygen atoms in total. The molecule has 28 heavy (non-hydrogen) atoms. The van der Waals surface area contributed by atoms with E-state index in [0.717, 1.165) is 19.3 Å². The van der Waals surface area contributed by atoms with Gasteiger partial charge in [0, 0.05) is 0 Å². The molecular formula is C23H29F3O2. The molecule has 1 aliphatic rings. The summed E-state index contributed by atoms with van der Waals surface area (Å²) in [6.45, 7) is 8.16. The molecule has 0 saturated heterocycles. The monoisotopic (exact) mass is 394 g/mol. The minimum absolute atomic E-state index is 0.0643. The number of allylic oxidation sites excluding steroid dienone is 3. The van der Waals surface area contributed by atoms with Crippen LogP contribution in [0.25, 0.3) is 6.08 Å². The lowest BCUT2D eigenvalue weighted by Gasteiger charge is -2.32. The second-order valence-corrected chi connectivity index (χ2v) is 8.04. The van der Waals surface area contributed by atoms with Gasteiger partial charge in [0.15, 0.2) is 0 Å². The lowest BCUT2D eigenvalue weighted by atomic mass is 9.72. The molecule has 1 aromatic carbocycles. The van der Waals surface area contributed by atoms with Gasteiger partial charge in [-0.15, -0.1) is 0 Å². The van der Waals surface area contributed by atoms with Crippen LogP contribution in [0.3, 0.4) is 0 Å². The molecule has 1 aromatic rings. The summed E-state index contributed by atoms with van der Waals surface area (Å²) < 4.78 is 45.3. The highest BCUT2D eigenvalue weighted by Gasteiger charge is 2.42. The molecule has 0 aliphatic heterocycles. The summed E-state index contributed by atoms with van der Waals surface area (Å²) in [5, 5.41) is 0. The zero-order chi connectivity index (χ0) is 20.9. The maximum absolute atomic E-state index is 13.5. The van der Waals surface area contributed by atoms with E-state index in [1.165, 1.54) is 23.3 Å². The van der Waals surface area contributed by atoms with Crippen molar-refractivity contribution in [3.05, 3.63) is 52.6 Å². The molecule has 0 spiro atoms. The molecule has 0 amide bonds. The third kappa shape index (κ3) is 5.73. The molecule has 0 N–H and O–H groups in total. The van der Waals surface area contributed by atoms with Crippen LogP contribution >= 0.6 is 0 Å². The van der Waals surface area contributed by atoms with Crippen molar-refractivity contribution in [2.45, 2.75) is 65.5 Å². The van der Waals surface area contributed by atoms with Crippen molar-refractivity contribution in [2.75, 3.05) is 6.61 Å². The third-order valence-corrected chi connectivity index (χ3v) is 5.37. The van der Waals surface area contributed by atoms with Gasteiger partial charge in [-0.2, -0.15) is 13.2 Å². The van der Waals surface area contributed by atoms with E-state index in [4.69, 9.17) is 4.74 Å². The summed E-state index contributed by atoms with van der Waals surface area (Å²) in [6.07, 6.45) is 1.99. The van der Waals surface area contributed by atoms with E-state index >= 15 is 0 Å². The SMILES string of the molecule is CCOC(=O)CC(c1cccc(/C=C/C2=C(C)CCCC2(C)C)c1)C(F)(F)F.